The zero-order valence-electron chi connectivity index (χ0n) is 16.2. The van der Waals surface area contributed by atoms with E-state index >= 15 is 0 Å². The van der Waals surface area contributed by atoms with Crippen molar-refractivity contribution >= 4 is 5.96 Å². The SMILES string of the molecule is CCNC(=NCCCN(CC)CC)NCCOc1ccc(OC)cc1. The molecule has 0 fully saturated rings. The average Bonchev–Trinajstić information content (AvgIpc) is 2.65. The third kappa shape index (κ3) is 9.19. The molecule has 0 aromatic heterocycles. The predicted molar refractivity (Wildman–Crippen MR) is 105 cm³/mol. The molecular weight excluding hydrogens is 316 g/mol. The van der Waals surface area contributed by atoms with E-state index in [4.69, 9.17) is 9.47 Å². The average molecular weight is 351 g/mol. The van der Waals surface area contributed by atoms with Crippen molar-refractivity contribution in [2.24, 2.45) is 4.99 Å². The summed E-state index contributed by atoms with van der Waals surface area (Å²) in [6.45, 7) is 12.7. The maximum absolute atomic E-state index is 5.71. The van der Waals surface area contributed by atoms with Gasteiger partial charge in [-0.1, -0.05) is 13.8 Å². The van der Waals surface area contributed by atoms with Gasteiger partial charge in [0, 0.05) is 13.1 Å². The van der Waals surface area contributed by atoms with Gasteiger partial charge in [0.1, 0.15) is 18.1 Å². The molecule has 6 heteroatoms. The van der Waals surface area contributed by atoms with Crippen molar-refractivity contribution < 1.29 is 9.47 Å². The van der Waals surface area contributed by atoms with Gasteiger partial charge in [-0.2, -0.15) is 0 Å². The molecule has 0 unspecified atom stereocenters. The Labute approximate surface area is 152 Å². The van der Waals surface area contributed by atoms with Gasteiger partial charge >= 0.3 is 0 Å². The second-order valence-corrected chi connectivity index (χ2v) is 5.59. The summed E-state index contributed by atoms with van der Waals surface area (Å²) in [7, 11) is 1.66. The zero-order valence-corrected chi connectivity index (χ0v) is 16.2. The van der Waals surface area contributed by atoms with E-state index < -0.39 is 0 Å². The van der Waals surface area contributed by atoms with Crippen LogP contribution in [-0.4, -0.2) is 63.8 Å². The highest BCUT2D eigenvalue weighted by Crippen LogP contribution is 2.16. The number of aliphatic imine (C=N–C) groups is 1. The monoisotopic (exact) mass is 350 g/mol. The summed E-state index contributed by atoms with van der Waals surface area (Å²) >= 11 is 0. The van der Waals surface area contributed by atoms with Gasteiger partial charge in [-0.05, 0) is 57.2 Å². The second kappa shape index (κ2) is 13.4. The van der Waals surface area contributed by atoms with Crippen LogP contribution in [0, 0.1) is 0 Å². The number of nitrogens with one attached hydrogen (secondary N) is 2. The van der Waals surface area contributed by atoms with Gasteiger partial charge in [0.15, 0.2) is 5.96 Å². The summed E-state index contributed by atoms with van der Waals surface area (Å²) in [5, 5.41) is 6.57. The first-order chi connectivity index (χ1) is 12.2. The summed E-state index contributed by atoms with van der Waals surface area (Å²) in [4.78, 5) is 7.03. The fourth-order valence-corrected chi connectivity index (χ4v) is 2.38. The fraction of sp³-hybridized carbons (Fsp3) is 0.632. The Bertz CT molecular complexity index is 473. The van der Waals surface area contributed by atoms with Gasteiger partial charge in [0.05, 0.1) is 13.7 Å². The van der Waals surface area contributed by atoms with Crippen LogP contribution in [0.2, 0.25) is 0 Å². The first kappa shape index (κ1) is 21.1. The van der Waals surface area contributed by atoms with Crippen molar-refractivity contribution in [2.45, 2.75) is 27.2 Å². The number of rotatable bonds is 12. The van der Waals surface area contributed by atoms with E-state index in [0.717, 1.165) is 56.6 Å². The molecule has 0 spiro atoms. The molecule has 0 atom stereocenters. The van der Waals surface area contributed by atoms with Crippen LogP contribution in [0.4, 0.5) is 0 Å². The number of guanidine groups is 1. The van der Waals surface area contributed by atoms with Gasteiger partial charge in [-0.15, -0.1) is 0 Å². The van der Waals surface area contributed by atoms with Crippen molar-refractivity contribution in [3.05, 3.63) is 24.3 Å². The number of ether oxygens (including phenoxy) is 2. The Morgan fingerprint density at radius 2 is 1.72 bits per heavy atom. The van der Waals surface area contributed by atoms with Gasteiger partial charge < -0.3 is 25.0 Å². The van der Waals surface area contributed by atoms with E-state index in [0.29, 0.717) is 13.2 Å². The summed E-state index contributed by atoms with van der Waals surface area (Å²) in [6.07, 6.45) is 1.07. The summed E-state index contributed by atoms with van der Waals surface area (Å²) in [5.74, 6) is 2.51. The van der Waals surface area contributed by atoms with Crippen LogP contribution in [0.5, 0.6) is 11.5 Å². The Hall–Kier alpha value is -1.95. The summed E-state index contributed by atoms with van der Waals surface area (Å²) in [6, 6.07) is 7.60. The normalized spacial score (nSPS) is 11.5. The minimum atomic E-state index is 0.580. The molecule has 0 bridgehead atoms. The minimum Gasteiger partial charge on any atom is -0.497 e. The lowest BCUT2D eigenvalue weighted by Crippen LogP contribution is -2.39. The molecule has 25 heavy (non-hydrogen) atoms. The van der Waals surface area contributed by atoms with Gasteiger partial charge in [-0.25, -0.2) is 0 Å². The van der Waals surface area contributed by atoms with E-state index in [1.165, 1.54) is 0 Å². The predicted octanol–water partition coefficient (Wildman–Crippen LogP) is 2.36. The summed E-state index contributed by atoms with van der Waals surface area (Å²) in [5.41, 5.74) is 0. The highest BCUT2D eigenvalue weighted by Gasteiger charge is 2.00. The molecule has 0 amide bonds. The standard InChI is InChI=1S/C19H34N4O2/c1-5-20-19(21-13-8-15-23(6-2)7-3)22-14-16-25-18-11-9-17(24-4)10-12-18/h9-12H,5-8,13-16H2,1-4H3,(H2,20,21,22). The molecule has 1 aromatic carbocycles. The third-order valence-electron chi connectivity index (χ3n) is 3.86. The van der Waals surface area contributed by atoms with Gasteiger partial charge in [0.25, 0.3) is 0 Å². The Balaban J connectivity index is 2.27. The number of hydrogen-bond acceptors (Lipinski definition) is 4. The summed E-state index contributed by atoms with van der Waals surface area (Å²) < 4.78 is 10.8. The highest BCUT2D eigenvalue weighted by atomic mass is 16.5. The fourth-order valence-electron chi connectivity index (χ4n) is 2.38. The quantitative estimate of drug-likeness (QED) is 0.344. The van der Waals surface area contributed by atoms with Crippen LogP contribution in [0.1, 0.15) is 27.2 Å². The van der Waals surface area contributed by atoms with Crippen molar-refractivity contribution in [1.29, 1.82) is 0 Å². The lowest BCUT2D eigenvalue weighted by atomic mass is 10.3. The molecule has 0 aliphatic rings. The van der Waals surface area contributed by atoms with E-state index in [1.54, 1.807) is 7.11 Å². The second-order valence-electron chi connectivity index (χ2n) is 5.59. The molecule has 142 valence electrons. The molecular formula is C19H34N4O2. The van der Waals surface area contributed by atoms with E-state index in [1.807, 2.05) is 24.3 Å². The number of methoxy groups -OCH3 is 1. The first-order valence-electron chi connectivity index (χ1n) is 9.24. The Kier molecular flexibility index (Phi) is 11.3. The van der Waals surface area contributed by atoms with Crippen LogP contribution in [-0.2, 0) is 0 Å². The van der Waals surface area contributed by atoms with Crippen molar-refractivity contribution in [3.8, 4) is 11.5 Å². The Morgan fingerprint density at radius 3 is 2.32 bits per heavy atom. The molecule has 0 radical (unpaired) electrons. The number of hydrogen-bond donors (Lipinski definition) is 2. The lowest BCUT2D eigenvalue weighted by molar-refractivity contribution is 0.301. The molecule has 1 aromatic rings. The van der Waals surface area contributed by atoms with Gasteiger partial charge in [-0.3, -0.25) is 4.99 Å². The molecule has 6 nitrogen and oxygen atoms in total. The zero-order chi connectivity index (χ0) is 18.3. The van der Waals surface area contributed by atoms with Crippen molar-refractivity contribution in [2.75, 3.05) is 53.0 Å². The highest BCUT2D eigenvalue weighted by molar-refractivity contribution is 5.79. The molecule has 0 heterocycles. The van der Waals surface area contributed by atoms with Crippen molar-refractivity contribution in [1.82, 2.24) is 15.5 Å². The number of nitrogens with zero attached hydrogens (tertiary/aromatic N) is 2. The van der Waals surface area contributed by atoms with E-state index in [2.05, 4.69) is 41.3 Å². The van der Waals surface area contributed by atoms with Crippen LogP contribution in [0.25, 0.3) is 0 Å². The van der Waals surface area contributed by atoms with Crippen LogP contribution < -0.4 is 20.1 Å². The third-order valence-corrected chi connectivity index (χ3v) is 3.86. The topological polar surface area (TPSA) is 58.1 Å². The Morgan fingerprint density at radius 1 is 1.04 bits per heavy atom. The van der Waals surface area contributed by atoms with E-state index in [-0.39, 0.29) is 0 Å². The number of benzene rings is 1. The molecule has 2 N–H and O–H groups in total. The first-order valence-corrected chi connectivity index (χ1v) is 9.24. The largest absolute Gasteiger partial charge is 0.497 e. The van der Waals surface area contributed by atoms with Crippen LogP contribution >= 0.6 is 0 Å². The molecule has 1 rings (SSSR count). The molecule has 0 saturated heterocycles. The molecule has 0 aliphatic carbocycles. The van der Waals surface area contributed by atoms with Crippen LogP contribution in [0.3, 0.4) is 0 Å². The lowest BCUT2D eigenvalue weighted by Gasteiger charge is -2.17. The maximum Gasteiger partial charge on any atom is 0.191 e. The minimum absolute atomic E-state index is 0.580. The van der Waals surface area contributed by atoms with Crippen LogP contribution in [0.15, 0.2) is 29.3 Å². The molecule has 0 saturated carbocycles. The van der Waals surface area contributed by atoms with Gasteiger partial charge in [0.2, 0.25) is 0 Å². The maximum atomic E-state index is 5.71. The van der Waals surface area contributed by atoms with Crippen molar-refractivity contribution in [3.63, 3.8) is 0 Å². The smallest absolute Gasteiger partial charge is 0.191 e. The molecule has 0 aliphatic heterocycles. The van der Waals surface area contributed by atoms with E-state index in [9.17, 15) is 0 Å².